The number of aromatic nitrogens is 1. The smallest absolute Gasteiger partial charge is 0.274 e. The number of hydrogen-bond acceptors (Lipinski definition) is 3. The van der Waals surface area contributed by atoms with Crippen LogP contribution in [0, 0.1) is 11.3 Å². The molecule has 0 N–H and O–H groups in total. The van der Waals surface area contributed by atoms with Gasteiger partial charge in [-0.25, -0.2) is 4.98 Å². The lowest BCUT2D eigenvalue weighted by atomic mass is 10.1. The van der Waals surface area contributed by atoms with E-state index in [0.29, 0.717) is 12.1 Å². The predicted octanol–water partition coefficient (Wildman–Crippen LogP) is 3.53. The van der Waals surface area contributed by atoms with Gasteiger partial charge < -0.3 is 4.90 Å². The van der Waals surface area contributed by atoms with Crippen molar-refractivity contribution in [2.75, 3.05) is 7.05 Å². The molecule has 1 aromatic heterocycles. The number of nitrogens with zero attached hydrogens (tertiary/aromatic N) is 3. The van der Waals surface area contributed by atoms with E-state index >= 15 is 0 Å². The lowest BCUT2D eigenvalue weighted by Gasteiger charge is -2.17. The van der Waals surface area contributed by atoms with Crippen molar-refractivity contribution < 1.29 is 4.79 Å². The van der Waals surface area contributed by atoms with Crippen LogP contribution in [0.4, 0.5) is 0 Å². The molecule has 0 radical (unpaired) electrons. The third-order valence-corrected chi connectivity index (χ3v) is 3.35. The first kappa shape index (κ1) is 15.3. The molecule has 2 aromatic rings. The molecule has 0 atom stereocenters. The zero-order valence-electron chi connectivity index (χ0n) is 11.2. The van der Waals surface area contributed by atoms with Crippen molar-refractivity contribution in [3.8, 4) is 6.07 Å². The van der Waals surface area contributed by atoms with Gasteiger partial charge in [0.15, 0.2) is 0 Å². The first-order valence-electron chi connectivity index (χ1n) is 6.08. The maximum absolute atomic E-state index is 12.3. The normalized spacial score (nSPS) is 10.0. The van der Waals surface area contributed by atoms with Crippen LogP contribution >= 0.6 is 23.2 Å². The van der Waals surface area contributed by atoms with Crippen LogP contribution in [0.5, 0.6) is 0 Å². The molecule has 0 saturated carbocycles. The second kappa shape index (κ2) is 6.57. The molecule has 0 saturated heterocycles. The van der Waals surface area contributed by atoms with Gasteiger partial charge in [-0.05, 0) is 29.8 Å². The average Bonchev–Trinajstić information content (AvgIpc) is 2.49. The van der Waals surface area contributed by atoms with E-state index in [1.165, 1.54) is 17.0 Å². The van der Waals surface area contributed by atoms with Crippen LogP contribution in [-0.4, -0.2) is 22.8 Å². The minimum atomic E-state index is -0.329. The standard InChI is InChI=1S/C15H11Cl2N3O/c1-20(9-11-4-2-3-10(7-11)8-18)15(21)14-12(16)5-6-13(17)19-14/h2-7H,9H2,1H3. The second-order valence-electron chi connectivity index (χ2n) is 4.44. The highest BCUT2D eigenvalue weighted by Crippen LogP contribution is 2.19. The lowest BCUT2D eigenvalue weighted by molar-refractivity contribution is 0.0779. The van der Waals surface area contributed by atoms with Crippen molar-refractivity contribution in [1.82, 2.24) is 9.88 Å². The van der Waals surface area contributed by atoms with E-state index < -0.39 is 0 Å². The first-order valence-corrected chi connectivity index (χ1v) is 6.83. The second-order valence-corrected chi connectivity index (χ2v) is 5.23. The Morgan fingerprint density at radius 2 is 2.10 bits per heavy atom. The molecule has 0 aliphatic rings. The van der Waals surface area contributed by atoms with E-state index in [9.17, 15) is 4.79 Å². The molecular weight excluding hydrogens is 309 g/mol. The summed E-state index contributed by atoms with van der Waals surface area (Å²) < 4.78 is 0. The van der Waals surface area contributed by atoms with Gasteiger partial charge in [0.2, 0.25) is 0 Å². The van der Waals surface area contributed by atoms with E-state index in [0.717, 1.165) is 5.56 Å². The van der Waals surface area contributed by atoms with Crippen LogP contribution in [0.15, 0.2) is 36.4 Å². The fraction of sp³-hybridized carbons (Fsp3) is 0.133. The Kier molecular flexibility index (Phi) is 4.79. The number of hydrogen-bond donors (Lipinski definition) is 0. The van der Waals surface area contributed by atoms with E-state index in [1.54, 1.807) is 25.2 Å². The zero-order chi connectivity index (χ0) is 15.4. The molecule has 0 aliphatic heterocycles. The number of halogens is 2. The highest BCUT2D eigenvalue weighted by molar-refractivity contribution is 6.34. The molecule has 0 bridgehead atoms. The molecule has 1 heterocycles. The SMILES string of the molecule is CN(Cc1cccc(C#N)c1)C(=O)c1nc(Cl)ccc1Cl. The van der Waals surface area contributed by atoms with Crippen molar-refractivity contribution in [1.29, 1.82) is 5.26 Å². The molecule has 2 rings (SSSR count). The van der Waals surface area contributed by atoms with Crippen LogP contribution in [0.1, 0.15) is 21.6 Å². The minimum absolute atomic E-state index is 0.114. The molecule has 0 aliphatic carbocycles. The molecule has 0 fully saturated rings. The predicted molar refractivity (Wildman–Crippen MR) is 81.2 cm³/mol. The topological polar surface area (TPSA) is 57.0 Å². The summed E-state index contributed by atoms with van der Waals surface area (Å²) in [4.78, 5) is 17.8. The van der Waals surface area contributed by atoms with Gasteiger partial charge in [-0.1, -0.05) is 35.3 Å². The van der Waals surface area contributed by atoms with Crippen molar-refractivity contribution >= 4 is 29.1 Å². The number of amides is 1. The number of carbonyl (C=O) groups excluding carboxylic acids is 1. The van der Waals surface area contributed by atoms with Gasteiger partial charge in [0, 0.05) is 13.6 Å². The molecule has 4 nitrogen and oxygen atoms in total. The summed E-state index contributed by atoms with van der Waals surface area (Å²) in [5.74, 6) is -0.329. The van der Waals surface area contributed by atoms with Gasteiger partial charge in [0.25, 0.3) is 5.91 Å². The van der Waals surface area contributed by atoms with Crippen LogP contribution in [0.2, 0.25) is 10.2 Å². The van der Waals surface area contributed by atoms with Crippen LogP contribution in [0.3, 0.4) is 0 Å². The van der Waals surface area contributed by atoms with Gasteiger partial charge in [-0.15, -0.1) is 0 Å². The Bertz CT molecular complexity index is 725. The van der Waals surface area contributed by atoms with Gasteiger partial charge in [0.1, 0.15) is 10.8 Å². The van der Waals surface area contributed by atoms with Gasteiger partial charge in [0.05, 0.1) is 16.7 Å². The fourth-order valence-corrected chi connectivity index (χ4v) is 2.17. The highest BCUT2D eigenvalue weighted by Gasteiger charge is 2.17. The van der Waals surface area contributed by atoms with E-state index in [1.807, 2.05) is 6.07 Å². The van der Waals surface area contributed by atoms with Gasteiger partial charge in [-0.3, -0.25) is 4.79 Å². The maximum Gasteiger partial charge on any atom is 0.274 e. The van der Waals surface area contributed by atoms with Gasteiger partial charge >= 0.3 is 0 Å². The van der Waals surface area contributed by atoms with Crippen LogP contribution < -0.4 is 0 Å². The quantitative estimate of drug-likeness (QED) is 0.813. The van der Waals surface area contributed by atoms with E-state index in [4.69, 9.17) is 28.5 Å². The van der Waals surface area contributed by atoms with Crippen molar-refractivity contribution in [2.24, 2.45) is 0 Å². The number of nitriles is 1. The molecule has 1 amide bonds. The monoisotopic (exact) mass is 319 g/mol. The summed E-state index contributed by atoms with van der Waals surface area (Å²) in [5.41, 5.74) is 1.51. The number of pyridine rings is 1. The van der Waals surface area contributed by atoms with Crippen LogP contribution in [-0.2, 0) is 6.54 Å². The molecule has 1 aromatic carbocycles. The molecule has 0 unspecified atom stereocenters. The Hall–Kier alpha value is -2.09. The molecular formula is C15H11Cl2N3O. The van der Waals surface area contributed by atoms with Crippen molar-refractivity contribution in [3.63, 3.8) is 0 Å². The Balaban J connectivity index is 2.19. The fourth-order valence-electron chi connectivity index (χ4n) is 1.83. The van der Waals surface area contributed by atoms with E-state index in [2.05, 4.69) is 11.1 Å². The summed E-state index contributed by atoms with van der Waals surface area (Å²) in [5, 5.41) is 9.34. The molecule has 6 heteroatoms. The van der Waals surface area contributed by atoms with Crippen LogP contribution in [0.25, 0.3) is 0 Å². The number of carbonyl (C=O) groups is 1. The van der Waals surface area contributed by atoms with Gasteiger partial charge in [-0.2, -0.15) is 5.26 Å². The molecule has 106 valence electrons. The maximum atomic E-state index is 12.3. The number of benzene rings is 1. The van der Waals surface area contributed by atoms with Crippen molar-refractivity contribution in [2.45, 2.75) is 6.54 Å². The summed E-state index contributed by atoms with van der Waals surface area (Å²) >= 11 is 11.8. The van der Waals surface area contributed by atoms with E-state index in [-0.39, 0.29) is 21.8 Å². The zero-order valence-corrected chi connectivity index (χ0v) is 12.7. The first-order chi connectivity index (χ1) is 10.0. The Morgan fingerprint density at radius 1 is 1.33 bits per heavy atom. The summed E-state index contributed by atoms with van der Waals surface area (Å²) in [6, 6.07) is 12.2. The third kappa shape index (κ3) is 3.72. The lowest BCUT2D eigenvalue weighted by Crippen LogP contribution is -2.27. The Labute approximate surface area is 132 Å². The minimum Gasteiger partial charge on any atom is -0.336 e. The Morgan fingerprint density at radius 3 is 2.81 bits per heavy atom. The van der Waals surface area contributed by atoms with Crippen molar-refractivity contribution in [3.05, 3.63) is 63.4 Å². The molecule has 0 spiro atoms. The third-order valence-electron chi connectivity index (χ3n) is 2.84. The average molecular weight is 320 g/mol. The largest absolute Gasteiger partial charge is 0.336 e. The molecule has 21 heavy (non-hydrogen) atoms. The number of rotatable bonds is 3. The summed E-state index contributed by atoms with van der Waals surface area (Å²) in [6.07, 6.45) is 0. The highest BCUT2D eigenvalue weighted by atomic mass is 35.5. The summed E-state index contributed by atoms with van der Waals surface area (Å²) in [7, 11) is 1.64. The summed E-state index contributed by atoms with van der Waals surface area (Å²) in [6.45, 7) is 0.346.